The highest BCUT2D eigenvalue weighted by Crippen LogP contribution is 2.45. The van der Waals surface area contributed by atoms with Gasteiger partial charge in [0.1, 0.15) is 0 Å². The van der Waals surface area contributed by atoms with Crippen LogP contribution in [0, 0.1) is 5.92 Å². The predicted octanol–water partition coefficient (Wildman–Crippen LogP) is 2.09. The van der Waals surface area contributed by atoms with Gasteiger partial charge in [0.25, 0.3) is 0 Å². The summed E-state index contributed by atoms with van der Waals surface area (Å²) >= 11 is 0. The molecule has 2 atom stereocenters. The van der Waals surface area contributed by atoms with Crippen molar-refractivity contribution in [2.75, 3.05) is 7.11 Å². The van der Waals surface area contributed by atoms with Gasteiger partial charge in [0.2, 0.25) is 0 Å². The summed E-state index contributed by atoms with van der Waals surface area (Å²) in [6, 6.07) is 1.51. The van der Waals surface area contributed by atoms with E-state index in [-0.39, 0.29) is 5.60 Å². The molecule has 2 saturated heterocycles. The van der Waals surface area contributed by atoms with Gasteiger partial charge < -0.3 is 10.1 Å². The maximum atomic E-state index is 5.87. The first kappa shape index (κ1) is 9.17. The molecule has 3 rings (SSSR count). The molecular formula is C12H21NO. The Morgan fingerprint density at radius 3 is 2.29 bits per heavy atom. The smallest absolute Gasteiger partial charge is 0.0711 e. The Kier molecular flexibility index (Phi) is 2.10. The van der Waals surface area contributed by atoms with Crippen molar-refractivity contribution in [2.45, 2.75) is 62.6 Å². The van der Waals surface area contributed by atoms with E-state index in [1.54, 1.807) is 0 Å². The van der Waals surface area contributed by atoms with Crippen LogP contribution >= 0.6 is 0 Å². The molecule has 2 bridgehead atoms. The van der Waals surface area contributed by atoms with Gasteiger partial charge in [-0.2, -0.15) is 0 Å². The van der Waals surface area contributed by atoms with E-state index in [1.807, 2.05) is 7.11 Å². The first-order valence-electron chi connectivity index (χ1n) is 6.11. The Morgan fingerprint density at radius 1 is 1.14 bits per heavy atom. The molecule has 0 aromatic carbocycles. The molecule has 0 aromatic rings. The summed E-state index contributed by atoms with van der Waals surface area (Å²) in [5, 5.41) is 3.69. The molecule has 1 saturated carbocycles. The van der Waals surface area contributed by atoms with E-state index in [4.69, 9.17) is 4.74 Å². The fourth-order valence-corrected chi connectivity index (χ4v) is 3.47. The minimum Gasteiger partial charge on any atom is -0.378 e. The summed E-state index contributed by atoms with van der Waals surface area (Å²) in [7, 11) is 1.92. The zero-order valence-corrected chi connectivity index (χ0v) is 9.09. The molecule has 2 unspecified atom stereocenters. The van der Waals surface area contributed by atoms with E-state index >= 15 is 0 Å². The summed E-state index contributed by atoms with van der Waals surface area (Å²) < 4.78 is 5.87. The van der Waals surface area contributed by atoms with Crippen LogP contribution in [0.2, 0.25) is 0 Å². The van der Waals surface area contributed by atoms with Gasteiger partial charge in [-0.15, -0.1) is 0 Å². The third kappa shape index (κ3) is 1.59. The van der Waals surface area contributed by atoms with E-state index in [0.29, 0.717) is 0 Å². The van der Waals surface area contributed by atoms with Gasteiger partial charge in [-0.25, -0.2) is 0 Å². The predicted molar refractivity (Wildman–Crippen MR) is 56.3 cm³/mol. The third-order valence-corrected chi connectivity index (χ3v) is 4.36. The van der Waals surface area contributed by atoms with Crippen molar-refractivity contribution in [3.8, 4) is 0 Å². The van der Waals surface area contributed by atoms with E-state index in [9.17, 15) is 0 Å². The van der Waals surface area contributed by atoms with E-state index in [1.165, 1.54) is 44.9 Å². The third-order valence-electron chi connectivity index (χ3n) is 4.36. The van der Waals surface area contributed by atoms with Crippen LogP contribution in [0.3, 0.4) is 0 Å². The average molecular weight is 195 g/mol. The summed E-state index contributed by atoms with van der Waals surface area (Å²) in [5.74, 6) is 0.993. The second-order valence-electron chi connectivity index (χ2n) is 5.58. The highest BCUT2D eigenvalue weighted by atomic mass is 16.5. The lowest BCUT2D eigenvalue weighted by Crippen LogP contribution is -2.49. The van der Waals surface area contributed by atoms with Gasteiger partial charge >= 0.3 is 0 Å². The highest BCUT2D eigenvalue weighted by molar-refractivity contribution is 5.02. The van der Waals surface area contributed by atoms with E-state index in [0.717, 1.165) is 18.0 Å². The Labute approximate surface area is 86.4 Å². The topological polar surface area (TPSA) is 21.3 Å². The Hall–Kier alpha value is -0.0800. The van der Waals surface area contributed by atoms with Crippen LogP contribution in [0.1, 0.15) is 44.9 Å². The van der Waals surface area contributed by atoms with Gasteiger partial charge in [-0.3, -0.25) is 0 Å². The minimum atomic E-state index is 0.248. The Bertz CT molecular complexity index is 212. The molecule has 0 aromatic heterocycles. The number of piperidine rings is 1. The second kappa shape index (κ2) is 3.21. The van der Waals surface area contributed by atoms with Crippen molar-refractivity contribution < 1.29 is 4.74 Å². The first-order chi connectivity index (χ1) is 6.80. The molecule has 2 nitrogen and oxygen atoms in total. The van der Waals surface area contributed by atoms with Crippen molar-refractivity contribution in [1.29, 1.82) is 0 Å². The average Bonchev–Trinajstić information content (AvgIpc) is 2.92. The number of methoxy groups -OCH3 is 1. The van der Waals surface area contributed by atoms with Crippen LogP contribution in [0.15, 0.2) is 0 Å². The number of ether oxygens (including phenoxy) is 1. The van der Waals surface area contributed by atoms with Crippen LogP contribution < -0.4 is 5.32 Å². The lowest BCUT2D eigenvalue weighted by molar-refractivity contribution is -0.0570. The molecule has 0 spiro atoms. The van der Waals surface area contributed by atoms with Gasteiger partial charge in [-0.1, -0.05) is 12.8 Å². The quantitative estimate of drug-likeness (QED) is 0.744. The summed E-state index contributed by atoms with van der Waals surface area (Å²) in [6.45, 7) is 0. The maximum absolute atomic E-state index is 5.87. The summed E-state index contributed by atoms with van der Waals surface area (Å²) in [5.41, 5.74) is 0.248. The number of nitrogens with one attached hydrogen (secondary N) is 1. The molecule has 2 aliphatic heterocycles. The van der Waals surface area contributed by atoms with Crippen LogP contribution in [-0.2, 0) is 4.74 Å². The van der Waals surface area contributed by atoms with Crippen LogP contribution in [0.5, 0.6) is 0 Å². The fourth-order valence-electron chi connectivity index (χ4n) is 3.47. The Morgan fingerprint density at radius 2 is 1.79 bits per heavy atom. The first-order valence-corrected chi connectivity index (χ1v) is 6.11. The molecule has 80 valence electrons. The van der Waals surface area contributed by atoms with Crippen LogP contribution in [0.4, 0.5) is 0 Å². The van der Waals surface area contributed by atoms with Gasteiger partial charge in [0.15, 0.2) is 0 Å². The van der Waals surface area contributed by atoms with Gasteiger partial charge in [-0.05, 0) is 38.0 Å². The zero-order valence-electron chi connectivity index (χ0n) is 9.09. The molecule has 1 aliphatic carbocycles. The largest absolute Gasteiger partial charge is 0.378 e. The molecule has 3 aliphatic rings. The molecule has 3 fully saturated rings. The molecule has 1 N–H and O–H groups in total. The molecular weight excluding hydrogens is 174 g/mol. The standard InChI is InChI=1S/C12H21NO/c1-14-12(6-9-2-3-9)7-10-4-5-11(8-12)13-10/h9-11,13H,2-8H2,1H3. The maximum Gasteiger partial charge on any atom is 0.0711 e. The van der Waals surface area contributed by atoms with Crippen molar-refractivity contribution in [1.82, 2.24) is 5.32 Å². The normalized spacial score (nSPS) is 46.9. The lowest BCUT2D eigenvalue weighted by atomic mass is 9.83. The number of fused-ring (bicyclic) bond motifs is 2. The molecule has 0 radical (unpaired) electrons. The van der Waals surface area contributed by atoms with Crippen molar-refractivity contribution in [2.24, 2.45) is 5.92 Å². The molecule has 2 heterocycles. The fraction of sp³-hybridized carbons (Fsp3) is 1.00. The van der Waals surface area contributed by atoms with Gasteiger partial charge in [0, 0.05) is 19.2 Å². The van der Waals surface area contributed by atoms with E-state index < -0.39 is 0 Å². The number of rotatable bonds is 3. The van der Waals surface area contributed by atoms with Crippen molar-refractivity contribution in [3.05, 3.63) is 0 Å². The highest BCUT2D eigenvalue weighted by Gasteiger charge is 2.46. The van der Waals surface area contributed by atoms with Crippen molar-refractivity contribution in [3.63, 3.8) is 0 Å². The Balaban J connectivity index is 1.72. The molecule has 14 heavy (non-hydrogen) atoms. The SMILES string of the molecule is COC1(CC2CC2)CC2CCC(C1)N2. The van der Waals surface area contributed by atoms with Crippen LogP contribution in [-0.4, -0.2) is 24.8 Å². The number of hydrogen-bond acceptors (Lipinski definition) is 2. The summed E-state index contributed by atoms with van der Waals surface area (Å²) in [4.78, 5) is 0. The van der Waals surface area contributed by atoms with Crippen LogP contribution in [0.25, 0.3) is 0 Å². The van der Waals surface area contributed by atoms with Crippen molar-refractivity contribution >= 4 is 0 Å². The molecule has 0 amide bonds. The second-order valence-corrected chi connectivity index (χ2v) is 5.58. The lowest BCUT2D eigenvalue weighted by Gasteiger charge is -2.40. The molecule has 2 heteroatoms. The zero-order chi connectivity index (χ0) is 9.60. The van der Waals surface area contributed by atoms with E-state index in [2.05, 4.69) is 5.32 Å². The minimum absolute atomic E-state index is 0.248. The van der Waals surface area contributed by atoms with Gasteiger partial charge in [0.05, 0.1) is 5.60 Å². The summed E-state index contributed by atoms with van der Waals surface area (Å²) in [6.07, 6.45) is 9.51. The monoisotopic (exact) mass is 195 g/mol. The number of hydrogen-bond donors (Lipinski definition) is 1.